The first-order valence-electron chi connectivity index (χ1n) is 9.57. The van der Waals surface area contributed by atoms with Gasteiger partial charge in [-0.25, -0.2) is 4.79 Å². The number of hydrogen-bond acceptors (Lipinski definition) is 4. The fourth-order valence-electron chi connectivity index (χ4n) is 3.58. The van der Waals surface area contributed by atoms with Crippen LogP contribution in [0.5, 0.6) is 0 Å². The van der Waals surface area contributed by atoms with Crippen LogP contribution in [0.15, 0.2) is 53.7 Å². The van der Waals surface area contributed by atoms with Crippen LogP contribution in [0.4, 0.5) is 11.4 Å². The maximum atomic E-state index is 12.8. The van der Waals surface area contributed by atoms with Gasteiger partial charge >= 0.3 is 5.97 Å². The molecule has 6 nitrogen and oxygen atoms in total. The Hall–Kier alpha value is -3.19. The van der Waals surface area contributed by atoms with Gasteiger partial charge in [-0.3, -0.25) is 9.69 Å². The maximum Gasteiger partial charge on any atom is 0.337 e. The van der Waals surface area contributed by atoms with Gasteiger partial charge in [0.05, 0.1) is 24.4 Å². The van der Waals surface area contributed by atoms with Gasteiger partial charge in [-0.1, -0.05) is 24.3 Å². The molecule has 1 atom stereocenters. The number of carbonyl (C=O) groups excluding carboxylic acids is 2. The summed E-state index contributed by atoms with van der Waals surface area (Å²) in [6, 6.07) is 13.0. The zero-order valence-electron chi connectivity index (χ0n) is 17.7. The summed E-state index contributed by atoms with van der Waals surface area (Å²) in [5.41, 5.74) is 5.79. The van der Waals surface area contributed by atoms with Crippen molar-refractivity contribution in [3.8, 4) is 0 Å². The average molecular weight is 424 g/mol. The third-order valence-electron chi connectivity index (χ3n) is 5.06. The quantitative estimate of drug-likeness (QED) is 0.569. The Morgan fingerprint density at radius 1 is 1.10 bits per heavy atom. The lowest BCUT2D eigenvalue weighted by Gasteiger charge is -2.38. The summed E-state index contributed by atoms with van der Waals surface area (Å²) in [7, 11) is 1.37. The minimum atomic E-state index is -0.460. The summed E-state index contributed by atoms with van der Waals surface area (Å²) in [4.78, 5) is 25.9. The monoisotopic (exact) mass is 423 g/mol. The second-order valence-electron chi connectivity index (χ2n) is 7.30. The van der Waals surface area contributed by atoms with Crippen LogP contribution >= 0.6 is 12.2 Å². The van der Waals surface area contributed by atoms with Gasteiger partial charge in [-0.2, -0.15) is 0 Å². The molecule has 30 heavy (non-hydrogen) atoms. The molecule has 1 aliphatic rings. The summed E-state index contributed by atoms with van der Waals surface area (Å²) in [6.07, 6.45) is 0. The molecule has 2 aromatic carbocycles. The van der Waals surface area contributed by atoms with Crippen molar-refractivity contribution in [2.45, 2.75) is 33.7 Å². The third kappa shape index (κ3) is 4.21. The van der Waals surface area contributed by atoms with Gasteiger partial charge in [0.15, 0.2) is 5.11 Å². The molecular weight excluding hydrogens is 398 g/mol. The first kappa shape index (κ1) is 21.5. The molecule has 2 N–H and O–H groups in total. The van der Waals surface area contributed by atoms with E-state index in [4.69, 9.17) is 17.0 Å². The fraction of sp³-hybridized carbons (Fsp3) is 0.261. The summed E-state index contributed by atoms with van der Waals surface area (Å²) >= 11 is 5.70. The largest absolute Gasteiger partial charge is 0.466 e. The molecule has 156 valence electrons. The summed E-state index contributed by atoms with van der Waals surface area (Å²) in [5, 5.41) is 6.54. The number of nitrogens with zero attached hydrogens (tertiary/aromatic N) is 1. The van der Waals surface area contributed by atoms with Crippen LogP contribution in [0.2, 0.25) is 0 Å². The number of rotatable bonds is 4. The fourth-order valence-corrected chi connectivity index (χ4v) is 3.93. The Morgan fingerprint density at radius 3 is 2.37 bits per heavy atom. The van der Waals surface area contributed by atoms with Crippen molar-refractivity contribution in [2.75, 3.05) is 17.3 Å². The number of thiocarbonyl (C=S) groups is 1. The lowest BCUT2D eigenvalue weighted by atomic mass is 9.94. The molecule has 2 aromatic rings. The number of ether oxygens (including phenoxy) is 1. The van der Waals surface area contributed by atoms with Gasteiger partial charge in [0, 0.05) is 18.3 Å². The molecule has 1 heterocycles. The predicted molar refractivity (Wildman–Crippen MR) is 122 cm³/mol. The van der Waals surface area contributed by atoms with E-state index in [-0.39, 0.29) is 5.91 Å². The number of benzene rings is 2. The summed E-state index contributed by atoms with van der Waals surface area (Å²) in [5.74, 6) is -0.566. The van der Waals surface area contributed by atoms with Crippen molar-refractivity contribution in [3.63, 3.8) is 0 Å². The topological polar surface area (TPSA) is 70.7 Å². The van der Waals surface area contributed by atoms with Crippen LogP contribution in [-0.4, -0.2) is 24.1 Å². The zero-order valence-corrected chi connectivity index (χ0v) is 18.5. The number of hydrogen-bond donors (Lipinski definition) is 2. The molecule has 0 radical (unpaired) electrons. The first-order valence-corrected chi connectivity index (χ1v) is 9.98. The standard InChI is InChI=1S/C23H25N3O3S/c1-13-6-7-14(2)19(12-13)26-15(3)20(22(28)29-5)21(25-23(26)30)17-8-10-18(11-9-17)24-16(4)27/h6-12,21H,1-5H3,(H,24,27)(H,25,30). The molecule has 3 rings (SSSR count). The van der Waals surface area contributed by atoms with Crippen LogP contribution in [0.25, 0.3) is 0 Å². The van der Waals surface area contributed by atoms with Crippen molar-refractivity contribution in [3.05, 3.63) is 70.4 Å². The van der Waals surface area contributed by atoms with E-state index < -0.39 is 12.0 Å². The molecular formula is C23H25N3O3S. The molecule has 1 aliphatic heterocycles. The Bertz CT molecular complexity index is 1040. The van der Waals surface area contributed by atoms with Crippen LogP contribution in [0.3, 0.4) is 0 Å². The lowest BCUT2D eigenvalue weighted by molar-refractivity contribution is -0.136. The van der Waals surface area contributed by atoms with Crippen molar-refractivity contribution in [2.24, 2.45) is 0 Å². The van der Waals surface area contributed by atoms with E-state index in [9.17, 15) is 9.59 Å². The van der Waals surface area contributed by atoms with Crippen molar-refractivity contribution < 1.29 is 14.3 Å². The highest BCUT2D eigenvalue weighted by Gasteiger charge is 2.35. The van der Waals surface area contributed by atoms with Gasteiger partial charge in [0.25, 0.3) is 0 Å². The molecule has 0 bridgehead atoms. The molecule has 0 spiro atoms. The van der Waals surface area contributed by atoms with Gasteiger partial charge in [0.2, 0.25) is 5.91 Å². The number of anilines is 2. The Kier molecular flexibility index (Phi) is 6.22. The van der Waals surface area contributed by atoms with Gasteiger partial charge in [-0.15, -0.1) is 0 Å². The maximum absolute atomic E-state index is 12.8. The number of allylic oxidation sites excluding steroid dienone is 1. The highest BCUT2D eigenvalue weighted by Crippen LogP contribution is 2.36. The molecule has 1 amide bonds. The molecule has 0 aliphatic carbocycles. The van der Waals surface area contributed by atoms with E-state index in [1.54, 1.807) is 12.1 Å². The van der Waals surface area contributed by atoms with Crippen LogP contribution < -0.4 is 15.5 Å². The van der Waals surface area contributed by atoms with Crippen LogP contribution in [0.1, 0.15) is 36.6 Å². The van der Waals surface area contributed by atoms with E-state index in [2.05, 4.69) is 10.6 Å². The van der Waals surface area contributed by atoms with E-state index in [0.717, 1.165) is 28.1 Å². The Morgan fingerprint density at radius 2 is 1.77 bits per heavy atom. The number of carbonyl (C=O) groups is 2. The number of nitrogens with one attached hydrogen (secondary N) is 2. The van der Waals surface area contributed by atoms with Crippen molar-refractivity contribution >= 4 is 40.6 Å². The van der Waals surface area contributed by atoms with Crippen molar-refractivity contribution in [1.29, 1.82) is 0 Å². The summed E-state index contributed by atoms with van der Waals surface area (Å²) in [6.45, 7) is 7.36. The molecule has 0 aromatic heterocycles. The highest BCUT2D eigenvalue weighted by molar-refractivity contribution is 7.80. The normalized spacial score (nSPS) is 16.2. The minimum absolute atomic E-state index is 0.144. The van der Waals surface area contributed by atoms with Crippen LogP contribution in [-0.2, 0) is 14.3 Å². The number of methoxy groups -OCH3 is 1. The first-order chi connectivity index (χ1) is 14.2. The molecule has 0 fully saturated rings. The van der Waals surface area contributed by atoms with Gasteiger partial charge in [-0.05, 0) is 67.9 Å². The molecule has 1 unspecified atom stereocenters. The van der Waals surface area contributed by atoms with Gasteiger partial charge < -0.3 is 15.4 Å². The van der Waals surface area contributed by atoms with E-state index in [1.165, 1.54) is 14.0 Å². The average Bonchev–Trinajstić information content (AvgIpc) is 2.69. The predicted octanol–water partition coefficient (Wildman–Crippen LogP) is 4.14. The number of aryl methyl sites for hydroxylation is 2. The number of esters is 1. The minimum Gasteiger partial charge on any atom is -0.466 e. The highest BCUT2D eigenvalue weighted by atomic mass is 32.1. The van der Waals surface area contributed by atoms with E-state index >= 15 is 0 Å². The van der Waals surface area contributed by atoms with E-state index in [1.807, 2.05) is 56.0 Å². The molecule has 0 saturated heterocycles. The Balaban J connectivity index is 2.09. The smallest absolute Gasteiger partial charge is 0.337 e. The third-order valence-corrected chi connectivity index (χ3v) is 5.36. The Labute approximate surface area is 181 Å². The molecule has 0 saturated carbocycles. The van der Waals surface area contributed by atoms with E-state index in [0.29, 0.717) is 16.4 Å². The van der Waals surface area contributed by atoms with Gasteiger partial charge in [0.1, 0.15) is 0 Å². The SMILES string of the molecule is COC(=O)C1=C(C)N(c2cc(C)ccc2C)C(=S)NC1c1ccc(NC(C)=O)cc1. The number of amides is 1. The second-order valence-corrected chi connectivity index (χ2v) is 7.69. The lowest BCUT2D eigenvalue weighted by Crippen LogP contribution is -2.48. The molecule has 7 heteroatoms. The second kappa shape index (κ2) is 8.67. The summed E-state index contributed by atoms with van der Waals surface area (Å²) < 4.78 is 5.10. The van der Waals surface area contributed by atoms with Crippen molar-refractivity contribution in [1.82, 2.24) is 5.32 Å². The zero-order chi connectivity index (χ0) is 22.0. The van der Waals surface area contributed by atoms with Crippen LogP contribution in [0, 0.1) is 13.8 Å².